The van der Waals surface area contributed by atoms with E-state index in [1.54, 1.807) is 0 Å². The average Bonchev–Trinajstić information content (AvgIpc) is 2.85. The molecule has 40 heavy (non-hydrogen) atoms. The molecule has 0 aromatic carbocycles. The molecule has 0 aromatic heterocycles. The summed E-state index contributed by atoms with van der Waals surface area (Å²) >= 11 is 0. The molecular weight excluding hydrogens is 628 g/mol. The SMILES string of the molecule is C=C(C)C(=O)OC(CC)[Si](O[SiH2]C(C)(C)C(F)C(F)F)(O[SiH2]C(C)(C)C(F)C(F)F)O[SiH2]C(C)(C)C(F)C(F)F. The first-order valence-electron chi connectivity index (χ1n) is 12.5. The normalized spacial score (nSPS) is 18.9. The molecule has 4 unspecified atom stereocenters. The smallest absolute Gasteiger partial charge is 0.455 e. The second-order valence-corrected chi connectivity index (χ2v) is 23.4. The van der Waals surface area contributed by atoms with Gasteiger partial charge < -0.3 is 17.1 Å². The van der Waals surface area contributed by atoms with Crippen molar-refractivity contribution in [2.45, 2.75) is 120 Å². The number of alkyl halides is 9. The summed E-state index contributed by atoms with van der Waals surface area (Å²) in [6.45, 7) is 13.2. The Kier molecular flexibility index (Phi) is 15.4. The van der Waals surface area contributed by atoms with E-state index >= 15 is 0 Å². The van der Waals surface area contributed by atoms with Crippen molar-refractivity contribution in [1.29, 1.82) is 0 Å². The number of hydrogen-bond donors (Lipinski definition) is 0. The Labute approximate surface area is 238 Å². The Morgan fingerprint density at radius 1 is 0.700 bits per heavy atom. The molecule has 0 radical (unpaired) electrons. The molecular formula is C22H41F9O5Si4. The molecule has 0 N–H and O–H groups in total. The number of rotatable bonds is 19. The van der Waals surface area contributed by atoms with E-state index in [2.05, 4.69) is 6.58 Å². The van der Waals surface area contributed by atoms with E-state index in [-0.39, 0.29) is 12.0 Å². The number of carbonyl (C=O) groups excluding carboxylic acids is 1. The molecule has 0 saturated heterocycles. The lowest BCUT2D eigenvalue weighted by Crippen LogP contribution is -2.62. The molecule has 4 atom stereocenters. The summed E-state index contributed by atoms with van der Waals surface area (Å²) in [6, 6.07) is 0. The zero-order valence-electron chi connectivity index (χ0n) is 24.0. The average molecular weight is 669 g/mol. The van der Waals surface area contributed by atoms with Crippen molar-refractivity contribution >= 4 is 44.1 Å². The van der Waals surface area contributed by atoms with Crippen molar-refractivity contribution in [3.63, 3.8) is 0 Å². The zero-order chi connectivity index (χ0) is 31.9. The first-order valence-corrected chi connectivity index (χ1v) is 18.2. The van der Waals surface area contributed by atoms with E-state index in [0.29, 0.717) is 0 Å². The van der Waals surface area contributed by atoms with E-state index in [9.17, 15) is 44.3 Å². The van der Waals surface area contributed by atoms with Crippen LogP contribution in [0.25, 0.3) is 0 Å². The monoisotopic (exact) mass is 668 g/mol. The van der Waals surface area contributed by atoms with Gasteiger partial charge in [0.15, 0.2) is 53.5 Å². The van der Waals surface area contributed by atoms with Crippen molar-refractivity contribution < 1.29 is 61.4 Å². The van der Waals surface area contributed by atoms with Crippen LogP contribution in [0.1, 0.15) is 61.8 Å². The van der Waals surface area contributed by atoms with Crippen molar-refractivity contribution in [3.05, 3.63) is 12.2 Å². The minimum Gasteiger partial charge on any atom is -0.455 e. The van der Waals surface area contributed by atoms with Crippen molar-refractivity contribution in [2.75, 3.05) is 0 Å². The van der Waals surface area contributed by atoms with E-state index in [1.807, 2.05) is 0 Å². The molecule has 0 rings (SSSR count). The molecule has 0 aliphatic heterocycles. The molecule has 0 amide bonds. The topological polar surface area (TPSA) is 54.0 Å². The number of ether oxygens (including phenoxy) is 1. The van der Waals surface area contributed by atoms with Crippen molar-refractivity contribution in [2.24, 2.45) is 0 Å². The number of halogens is 9. The zero-order valence-corrected chi connectivity index (χ0v) is 29.3. The van der Waals surface area contributed by atoms with Crippen LogP contribution in [0.3, 0.4) is 0 Å². The maximum Gasteiger partial charge on any atom is 0.511 e. The maximum absolute atomic E-state index is 14.4. The fraction of sp³-hybridized carbons (Fsp3) is 0.864. The van der Waals surface area contributed by atoms with Crippen LogP contribution in [0, 0.1) is 0 Å². The molecule has 0 fully saturated rings. The third kappa shape index (κ3) is 11.2. The Morgan fingerprint density at radius 2 is 0.975 bits per heavy atom. The summed E-state index contributed by atoms with van der Waals surface area (Å²) in [5, 5.41) is -5.29. The Balaban J connectivity index is 6.81. The van der Waals surface area contributed by atoms with Crippen LogP contribution in [-0.2, 0) is 21.9 Å². The minimum atomic E-state index is -4.64. The van der Waals surface area contributed by atoms with Crippen LogP contribution < -0.4 is 0 Å². The van der Waals surface area contributed by atoms with E-state index < -0.39 is 103 Å². The second-order valence-electron chi connectivity index (χ2n) is 11.7. The van der Waals surface area contributed by atoms with Crippen LogP contribution in [0.5, 0.6) is 0 Å². The van der Waals surface area contributed by atoms with Crippen LogP contribution in [0.2, 0.25) is 15.1 Å². The van der Waals surface area contributed by atoms with Gasteiger partial charge in [0, 0.05) is 20.7 Å². The first-order chi connectivity index (χ1) is 18.0. The van der Waals surface area contributed by atoms with Crippen molar-refractivity contribution in [1.82, 2.24) is 0 Å². The van der Waals surface area contributed by atoms with E-state index in [1.165, 1.54) is 13.8 Å². The summed E-state index contributed by atoms with van der Waals surface area (Å²) < 4.78 is 146. The van der Waals surface area contributed by atoms with E-state index in [0.717, 1.165) is 41.5 Å². The van der Waals surface area contributed by atoms with Crippen molar-refractivity contribution in [3.8, 4) is 0 Å². The summed E-state index contributed by atoms with van der Waals surface area (Å²) in [5.41, 5.74) is -1.54. The molecule has 0 bridgehead atoms. The predicted octanol–water partition coefficient (Wildman–Crippen LogP) is 5.07. The molecule has 0 aromatic rings. The lowest BCUT2D eigenvalue weighted by Gasteiger charge is -2.42. The van der Waals surface area contributed by atoms with Gasteiger partial charge in [-0.05, 0) is 13.3 Å². The van der Waals surface area contributed by atoms with Gasteiger partial charge in [0.2, 0.25) is 0 Å². The standard InChI is InChI=1S/C22H41F9O5Si4/c1-10-12(33-19(32)11(2)3)40(34-37-20(4,5)13(23)16(26)27,35-38-21(6,7)14(24)17(28)29)36-39-22(8,9)15(25)18(30)31/h12-18H,2,10,37-39H2,1,3-9H3. The highest BCUT2D eigenvalue weighted by Gasteiger charge is 2.55. The maximum atomic E-state index is 14.4. The minimum absolute atomic E-state index is 0.0846. The fourth-order valence-corrected chi connectivity index (χ4v) is 17.3. The fourth-order valence-electron chi connectivity index (χ4n) is 3.16. The van der Waals surface area contributed by atoms with Gasteiger partial charge in [0.05, 0.1) is 0 Å². The summed E-state index contributed by atoms with van der Waals surface area (Å²) in [7, 11) is -12.0. The highest BCUT2D eigenvalue weighted by atomic mass is 28.5. The molecule has 0 heterocycles. The summed E-state index contributed by atoms with van der Waals surface area (Å²) in [4.78, 5) is 12.4. The van der Waals surface area contributed by atoms with Gasteiger partial charge in [-0.15, -0.1) is 0 Å². The number of esters is 1. The first kappa shape index (κ1) is 39.3. The van der Waals surface area contributed by atoms with Crippen LogP contribution in [-0.4, -0.2) is 87.6 Å². The quantitative estimate of drug-likeness (QED) is 0.0834. The Bertz CT molecular complexity index is 747. The summed E-state index contributed by atoms with van der Waals surface area (Å²) in [6.07, 6.45) is -18.3. The number of carbonyl (C=O) groups is 1. The molecule has 0 aliphatic carbocycles. The molecule has 0 aliphatic rings. The predicted molar refractivity (Wildman–Crippen MR) is 144 cm³/mol. The second kappa shape index (κ2) is 15.7. The largest absolute Gasteiger partial charge is 0.511 e. The Hall–Kier alpha value is -0.672. The van der Waals surface area contributed by atoms with Crippen LogP contribution >= 0.6 is 0 Å². The molecule has 0 spiro atoms. The van der Waals surface area contributed by atoms with Crippen LogP contribution in [0.4, 0.5) is 39.5 Å². The molecule has 5 nitrogen and oxygen atoms in total. The molecule has 18 heteroatoms. The highest BCUT2D eigenvalue weighted by molar-refractivity contribution is 6.75. The van der Waals surface area contributed by atoms with Gasteiger partial charge >= 0.3 is 14.8 Å². The van der Waals surface area contributed by atoms with E-state index in [4.69, 9.17) is 17.1 Å². The van der Waals surface area contributed by atoms with Gasteiger partial charge in [-0.3, -0.25) is 0 Å². The lowest BCUT2D eigenvalue weighted by atomic mass is 10.1. The lowest BCUT2D eigenvalue weighted by molar-refractivity contribution is -0.142. The third-order valence-corrected chi connectivity index (χ3v) is 17.5. The van der Waals surface area contributed by atoms with Gasteiger partial charge in [0.1, 0.15) is 0 Å². The molecule has 238 valence electrons. The third-order valence-electron chi connectivity index (χ3n) is 6.20. The molecule has 0 saturated carbocycles. The Morgan fingerprint density at radius 3 is 1.18 bits per heavy atom. The van der Waals surface area contributed by atoms with Gasteiger partial charge in [0.25, 0.3) is 19.3 Å². The number of hydrogen-bond acceptors (Lipinski definition) is 5. The van der Waals surface area contributed by atoms with Gasteiger partial charge in [-0.25, -0.2) is 44.3 Å². The summed E-state index contributed by atoms with van der Waals surface area (Å²) in [5.74, 6) is -0.967. The highest BCUT2D eigenvalue weighted by Crippen LogP contribution is 2.40. The van der Waals surface area contributed by atoms with Gasteiger partial charge in [-0.2, -0.15) is 0 Å². The van der Waals surface area contributed by atoms with Crippen LogP contribution in [0.15, 0.2) is 12.2 Å². The van der Waals surface area contributed by atoms with Gasteiger partial charge in [-0.1, -0.05) is 55.0 Å².